The zero-order valence-electron chi connectivity index (χ0n) is 10.3. The summed E-state index contributed by atoms with van der Waals surface area (Å²) in [5.74, 6) is 1.31. The van der Waals surface area contributed by atoms with Crippen molar-refractivity contribution >= 4 is 5.82 Å². The Bertz CT molecular complexity index is 363. The van der Waals surface area contributed by atoms with Gasteiger partial charge >= 0.3 is 0 Å². The number of aromatic nitrogens is 2. The van der Waals surface area contributed by atoms with E-state index in [0.29, 0.717) is 19.0 Å². The molecule has 5 nitrogen and oxygen atoms in total. The van der Waals surface area contributed by atoms with Gasteiger partial charge in [0.25, 0.3) is 0 Å². The van der Waals surface area contributed by atoms with Crippen LogP contribution in [0.25, 0.3) is 0 Å². The lowest BCUT2D eigenvalue weighted by atomic mass is 9.98. The summed E-state index contributed by atoms with van der Waals surface area (Å²) in [6, 6.07) is 0. The SMILES string of the molecule is CCOc1cncc(NC2(CN)CCCC2)n1. The van der Waals surface area contributed by atoms with Crippen molar-refractivity contribution in [2.24, 2.45) is 5.73 Å². The van der Waals surface area contributed by atoms with E-state index >= 15 is 0 Å². The monoisotopic (exact) mass is 236 g/mol. The summed E-state index contributed by atoms with van der Waals surface area (Å²) in [5, 5.41) is 3.42. The average Bonchev–Trinajstić information content (AvgIpc) is 2.79. The van der Waals surface area contributed by atoms with Crippen LogP contribution in [0.4, 0.5) is 5.82 Å². The number of nitrogens with one attached hydrogen (secondary N) is 1. The molecule has 0 unspecified atom stereocenters. The third kappa shape index (κ3) is 2.85. The van der Waals surface area contributed by atoms with Gasteiger partial charge in [-0.2, -0.15) is 4.98 Å². The van der Waals surface area contributed by atoms with E-state index in [2.05, 4.69) is 15.3 Å². The molecule has 0 atom stereocenters. The summed E-state index contributed by atoms with van der Waals surface area (Å²) < 4.78 is 5.33. The number of rotatable bonds is 5. The Kier molecular flexibility index (Phi) is 3.78. The van der Waals surface area contributed by atoms with Gasteiger partial charge in [0.2, 0.25) is 5.88 Å². The Balaban J connectivity index is 2.09. The molecular formula is C12H20N4O. The van der Waals surface area contributed by atoms with E-state index in [-0.39, 0.29) is 5.54 Å². The van der Waals surface area contributed by atoms with Gasteiger partial charge in [-0.15, -0.1) is 0 Å². The molecule has 2 rings (SSSR count). The van der Waals surface area contributed by atoms with Crippen LogP contribution in [0, 0.1) is 0 Å². The molecule has 0 aliphatic heterocycles. The maximum Gasteiger partial charge on any atom is 0.234 e. The highest BCUT2D eigenvalue weighted by Crippen LogP contribution is 2.31. The quantitative estimate of drug-likeness (QED) is 0.811. The molecule has 0 radical (unpaired) electrons. The number of hydrogen-bond acceptors (Lipinski definition) is 5. The number of ether oxygens (including phenoxy) is 1. The molecule has 1 aliphatic rings. The summed E-state index contributed by atoms with van der Waals surface area (Å²) >= 11 is 0. The summed E-state index contributed by atoms with van der Waals surface area (Å²) in [6.07, 6.45) is 8.00. The predicted molar refractivity (Wildman–Crippen MR) is 67.1 cm³/mol. The summed E-state index contributed by atoms with van der Waals surface area (Å²) in [6.45, 7) is 3.16. The fourth-order valence-electron chi connectivity index (χ4n) is 2.33. The maximum atomic E-state index is 5.87. The summed E-state index contributed by atoms with van der Waals surface area (Å²) in [4.78, 5) is 8.49. The van der Waals surface area contributed by atoms with E-state index in [9.17, 15) is 0 Å². The lowest BCUT2D eigenvalue weighted by Gasteiger charge is -2.29. The van der Waals surface area contributed by atoms with Crippen LogP contribution in [0.15, 0.2) is 12.4 Å². The largest absolute Gasteiger partial charge is 0.477 e. The number of anilines is 1. The molecule has 0 bridgehead atoms. The van der Waals surface area contributed by atoms with E-state index in [4.69, 9.17) is 10.5 Å². The first-order valence-corrected chi connectivity index (χ1v) is 6.21. The lowest BCUT2D eigenvalue weighted by molar-refractivity contribution is 0.325. The van der Waals surface area contributed by atoms with Crippen LogP contribution in [-0.2, 0) is 0 Å². The molecule has 94 valence electrons. The number of nitrogens with zero attached hydrogens (tertiary/aromatic N) is 2. The summed E-state index contributed by atoms with van der Waals surface area (Å²) in [5.41, 5.74) is 5.87. The minimum atomic E-state index is -0.000478. The Labute approximate surface area is 102 Å². The van der Waals surface area contributed by atoms with Crippen molar-refractivity contribution in [3.05, 3.63) is 12.4 Å². The normalized spacial score (nSPS) is 18.0. The molecule has 17 heavy (non-hydrogen) atoms. The van der Waals surface area contributed by atoms with Crippen LogP contribution in [0.3, 0.4) is 0 Å². The molecule has 0 spiro atoms. The van der Waals surface area contributed by atoms with E-state index < -0.39 is 0 Å². The third-order valence-electron chi connectivity index (χ3n) is 3.25. The van der Waals surface area contributed by atoms with Gasteiger partial charge in [0, 0.05) is 6.54 Å². The van der Waals surface area contributed by atoms with Crippen molar-refractivity contribution in [2.45, 2.75) is 38.1 Å². The zero-order valence-corrected chi connectivity index (χ0v) is 10.3. The Morgan fingerprint density at radius 3 is 2.82 bits per heavy atom. The highest BCUT2D eigenvalue weighted by Gasteiger charge is 2.32. The van der Waals surface area contributed by atoms with E-state index in [1.165, 1.54) is 12.8 Å². The van der Waals surface area contributed by atoms with Crippen molar-refractivity contribution in [3.63, 3.8) is 0 Å². The number of nitrogens with two attached hydrogens (primary N) is 1. The fraction of sp³-hybridized carbons (Fsp3) is 0.667. The van der Waals surface area contributed by atoms with E-state index in [1.54, 1.807) is 12.4 Å². The minimum Gasteiger partial charge on any atom is -0.477 e. The van der Waals surface area contributed by atoms with Gasteiger partial charge in [0.1, 0.15) is 5.82 Å². The lowest BCUT2D eigenvalue weighted by Crippen LogP contribution is -2.43. The molecule has 0 aromatic carbocycles. The Morgan fingerprint density at radius 1 is 1.41 bits per heavy atom. The molecular weight excluding hydrogens is 216 g/mol. The highest BCUT2D eigenvalue weighted by atomic mass is 16.5. The van der Waals surface area contributed by atoms with Crippen molar-refractivity contribution in [1.82, 2.24) is 9.97 Å². The molecule has 1 saturated carbocycles. The van der Waals surface area contributed by atoms with Gasteiger partial charge in [-0.05, 0) is 19.8 Å². The van der Waals surface area contributed by atoms with Gasteiger partial charge in [-0.3, -0.25) is 4.98 Å². The van der Waals surface area contributed by atoms with Crippen molar-refractivity contribution in [1.29, 1.82) is 0 Å². The Morgan fingerprint density at radius 2 is 2.18 bits per heavy atom. The van der Waals surface area contributed by atoms with Crippen molar-refractivity contribution in [2.75, 3.05) is 18.5 Å². The van der Waals surface area contributed by atoms with Crippen molar-refractivity contribution in [3.8, 4) is 5.88 Å². The van der Waals surface area contributed by atoms with Crippen LogP contribution in [0.2, 0.25) is 0 Å². The van der Waals surface area contributed by atoms with Gasteiger partial charge in [0.05, 0.1) is 24.5 Å². The second kappa shape index (κ2) is 5.31. The second-order valence-corrected chi connectivity index (χ2v) is 4.49. The standard InChI is InChI=1S/C12H20N4O/c1-2-17-11-8-14-7-10(15-11)16-12(9-13)5-3-4-6-12/h7-8H,2-6,9,13H2,1H3,(H,15,16). The van der Waals surface area contributed by atoms with E-state index in [1.807, 2.05) is 6.92 Å². The Hall–Kier alpha value is -1.36. The third-order valence-corrected chi connectivity index (χ3v) is 3.25. The molecule has 5 heteroatoms. The first-order valence-electron chi connectivity index (χ1n) is 6.21. The smallest absolute Gasteiger partial charge is 0.234 e. The first-order chi connectivity index (χ1) is 8.28. The van der Waals surface area contributed by atoms with E-state index in [0.717, 1.165) is 18.7 Å². The summed E-state index contributed by atoms with van der Waals surface area (Å²) in [7, 11) is 0. The molecule has 1 aromatic heterocycles. The number of hydrogen-bond donors (Lipinski definition) is 2. The van der Waals surface area contributed by atoms with Crippen LogP contribution < -0.4 is 15.8 Å². The van der Waals surface area contributed by atoms with Gasteiger partial charge < -0.3 is 15.8 Å². The van der Waals surface area contributed by atoms with Gasteiger partial charge in [0.15, 0.2) is 0 Å². The molecule has 3 N–H and O–H groups in total. The maximum absolute atomic E-state index is 5.87. The second-order valence-electron chi connectivity index (χ2n) is 4.49. The van der Waals surface area contributed by atoms with Crippen LogP contribution in [0.5, 0.6) is 5.88 Å². The zero-order chi connectivity index (χ0) is 12.1. The van der Waals surface area contributed by atoms with Crippen molar-refractivity contribution < 1.29 is 4.74 Å². The van der Waals surface area contributed by atoms with Crippen LogP contribution >= 0.6 is 0 Å². The average molecular weight is 236 g/mol. The van der Waals surface area contributed by atoms with Gasteiger partial charge in [-0.1, -0.05) is 12.8 Å². The molecule has 1 fully saturated rings. The molecule has 0 saturated heterocycles. The highest BCUT2D eigenvalue weighted by molar-refractivity contribution is 5.37. The molecule has 0 amide bonds. The molecule has 1 aromatic rings. The molecule has 1 heterocycles. The molecule has 1 aliphatic carbocycles. The minimum absolute atomic E-state index is 0.000478. The van der Waals surface area contributed by atoms with Crippen LogP contribution in [0.1, 0.15) is 32.6 Å². The fourth-order valence-corrected chi connectivity index (χ4v) is 2.33. The van der Waals surface area contributed by atoms with Gasteiger partial charge in [-0.25, -0.2) is 0 Å². The first kappa shape index (κ1) is 12.1. The van der Waals surface area contributed by atoms with Crippen LogP contribution in [-0.4, -0.2) is 28.7 Å². The predicted octanol–water partition coefficient (Wildman–Crippen LogP) is 1.56. The topological polar surface area (TPSA) is 73.1 Å².